The molecule has 0 bridgehead atoms. The van der Waals surface area contributed by atoms with Gasteiger partial charge in [0.1, 0.15) is 0 Å². The summed E-state index contributed by atoms with van der Waals surface area (Å²) in [6.07, 6.45) is 1.39. The molecule has 106 valence electrons. The van der Waals surface area contributed by atoms with Gasteiger partial charge in [-0.25, -0.2) is 9.78 Å². The molecule has 0 radical (unpaired) electrons. The Bertz CT molecular complexity index is 483. The summed E-state index contributed by atoms with van der Waals surface area (Å²) in [5.74, 6) is -1.09. The molecule has 6 heteroatoms. The summed E-state index contributed by atoms with van der Waals surface area (Å²) in [5.41, 5.74) is 0.410. The van der Waals surface area contributed by atoms with Crippen LogP contribution in [0.1, 0.15) is 36.8 Å². The van der Waals surface area contributed by atoms with Gasteiger partial charge in [-0.2, -0.15) is 0 Å². The summed E-state index contributed by atoms with van der Waals surface area (Å²) >= 11 is 6.05. The average molecular weight is 302 g/mol. The number of halogens is 1. The van der Waals surface area contributed by atoms with Crippen molar-refractivity contribution in [2.45, 2.75) is 45.5 Å². The van der Waals surface area contributed by atoms with Crippen LogP contribution in [0.3, 0.4) is 0 Å². The largest absolute Gasteiger partial charge is 0.477 e. The minimum absolute atomic E-state index is 0.0359. The monoisotopic (exact) mass is 301 g/mol. The fourth-order valence-corrected chi connectivity index (χ4v) is 2.40. The van der Waals surface area contributed by atoms with E-state index in [2.05, 4.69) is 38.8 Å². The Labute approximate surface area is 119 Å². The zero-order valence-corrected chi connectivity index (χ0v) is 13.7. The molecular weight excluding hydrogens is 282 g/mol. The molecule has 1 rings (SSSR count). The molecule has 0 unspecified atom stereocenters. The van der Waals surface area contributed by atoms with Gasteiger partial charge in [-0.3, -0.25) is 0 Å². The van der Waals surface area contributed by atoms with Crippen LogP contribution in [0, 0.1) is 0 Å². The maximum atomic E-state index is 11.1. The van der Waals surface area contributed by atoms with E-state index in [4.69, 9.17) is 21.1 Å². The summed E-state index contributed by atoms with van der Waals surface area (Å²) in [4.78, 5) is 15.0. The summed E-state index contributed by atoms with van der Waals surface area (Å²) in [6, 6.07) is 1.58. The average Bonchev–Trinajstić information content (AvgIpc) is 2.25. The van der Waals surface area contributed by atoms with Crippen molar-refractivity contribution in [1.82, 2.24) is 4.98 Å². The smallest absolute Gasteiger partial charge is 0.354 e. The van der Waals surface area contributed by atoms with Crippen LogP contribution in [0.5, 0.6) is 0 Å². The van der Waals surface area contributed by atoms with Crippen LogP contribution in [0.2, 0.25) is 23.2 Å². The number of carboxylic acids is 1. The van der Waals surface area contributed by atoms with E-state index in [1.807, 2.05) is 0 Å². The SMILES string of the molecule is CC(C)(C)[Si](C)(C)OCc1c(Cl)ccnc1C(=O)O. The summed E-state index contributed by atoms with van der Waals surface area (Å²) in [6.45, 7) is 10.8. The first-order valence-electron chi connectivity index (χ1n) is 6.07. The Balaban J connectivity index is 2.99. The van der Waals surface area contributed by atoms with E-state index in [1.54, 1.807) is 6.07 Å². The molecule has 19 heavy (non-hydrogen) atoms. The van der Waals surface area contributed by atoms with Gasteiger partial charge >= 0.3 is 5.97 Å². The molecule has 0 fully saturated rings. The molecule has 1 aromatic rings. The van der Waals surface area contributed by atoms with Crippen molar-refractivity contribution in [3.63, 3.8) is 0 Å². The third-order valence-electron chi connectivity index (χ3n) is 3.58. The number of pyridine rings is 1. The lowest BCUT2D eigenvalue weighted by molar-refractivity contribution is 0.0687. The van der Waals surface area contributed by atoms with Gasteiger partial charge in [0.2, 0.25) is 0 Å². The topological polar surface area (TPSA) is 59.4 Å². The molecule has 0 aliphatic rings. The number of carbonyl (C=O) groups is 1. The van der Waals surface area contributed by atoms with Crippen LogP contribution in [-0.4, -0.2) is 24.4 Å². The van der Waals surface area contributed by atoms with Crippen molar-refractivity contribution in [1.29, 1.82) is 0 Å². The standard InChI is InChI=1S/C13H20ClNO3Si/c1-13(2,3)19(4,5)18-8-9-10(14)6-7-15-11(9)12(16)17/h6-7H,8H2,1-5H3,(H,16,17). The predicted molar refractivity (Wildman–Crippen MR) is 78.2 cm³/mol. The first-order chi connectivity index (χ1) is 8.56. The first-order valence-corrected chi connectivity index (χ1v) is 9.35. The zero-order valence-electron chi connectivity index (χ0n) is 12.0. The predicted octanol–water partition coefficient (Wildman–Crippen LogP) is 3.96. The van der Waals surface area contributed by atoms with Crippen molar-refractivity contribution >= 4 is 25.9 Å². The van der Waals surface area contributed by atoms with Crippen LogP contribution in [0.4, 0.5) is 0 Å². The van der Waals surface area contributed by atoms with Crippen molar-refractivity contribution in [3.8, 4) is 0 Å². The van der Waals surface area contributed by atoms with Crippen LogP contribution in [0.15, 0.2) is 12.3 Å². The van der Waals surface area contributed by atoms with Gasteiger partial charge < -0.3 is 9.53 Å². The fourth-order valence-electron chi connectivity index (χ4n) is 1.26. The van der Waals surface area contributed by atoms with E-state index < -0.39 is 14.3 Å². The summed E-state index contributed by atoms with van der Waals surface area (Å²) in [7, 11) is -1.95. The molecule has 0 spiro atoms. The quantitative estimate of drug-likeness (QED) is 0.855. The van der Waals surface area contributed by atoms with Crippen molar-refractivity contribution in [2.75, 3.05) is 0 Å². The number of nitrogens with zero attached hydrogens (tertiary/aromatic N) is 1. The summed E-state index contributed by atoms with van der Waals surface area (Å²) < 4.78 is 6.00. The maximum absolute atomic E-state index is 11.1. The molecule has 4 nitrogen and oxygen atoms in total. The Morgan fingerprint density at radius 2 is 2.05 bits per heavy atom. The van der Waals surface area contributed by atoms with Crippen molar-refractivity contribution in [2.24, 2.45) is 0 Å². The Morgan fingerprint density at radius 3 is 2.53 bits per heavy atom. The lowest BCUT2D eigenvalue weighted by Crippen LogP contribution is -2.40. The van der Waals surface area contributed by atoms with Crippen LogP contribution in [0.25, 0.3) is 0 Å². The Morgan fingerprint density at radius 1 is 1.47 bits per heavy atom. The van der Waals surface area contributed by atoms with Crippen molar-refractivity contribution in [3.05, 3.63) is 28.5 Å². The second-order valence-electron chi connectivity index (χ2n) is 5.97. The van der Waals surface area contributed by atoms with Gasteiger partial charge in [-0.05, 0) is 24.2 Å². The number of aromatic nitrogens is 1. The van der Waals surface area contributed by atoms with Crippen LogP contribution < -0.4 is 0 Å². The van der Waals surface area contributed by atoms with E-state index in [-0.39, 0.29) is 17.3 Å². The highest BCUT2D eigenvalue weighted by Crippen LogP contribution is 2.37. The molecule has 0 aliphatic heterocycles. The minimum Gasteiger partial charge on any atom is -0.477 e. The van der Waals surface area contributed by atoms with Crippen LogP contribution in [-0.2, 0) is 11.0 Å². The van der Waals surface area contributed by atoms with Crippen LogP contribution >= 0.6 is 11.6 Å². The third kappa shape index (κ3) is 3.78. The molecule has 0 saturated heterocycles. The van der Waals surface area contributed by atoms with E-state index in [0.717, 1.165) is 0 Å². The van der Waals surface area contributed by atoms with E-state index in [9.17, 15) is 4.79 Å². The normalized spacial score (nSPS) is 12.5. The lowest BCUT2D eigenvalue weighted by atomic mass is 10.2. The summed E-state index contributed by atoms with van der Waals surface area (Å²) in [5, 5.41) is 9.56. The van der Waals surface area contributed by atoms with E-state index in [0.29, 0.717) is 10.6 Å². The lowest BCUT2D eigenvalue weighted by Gasteiger charge is -2.36. The third-order valence-corrected chi connectivity index (χ3v) is 8.42. The first kappa shape index (κ1) is 16.1. The Hall–Kier alpha value is -0.913. The maximum Gasteiger partial charge on any atom is 0.354 e. The Kier molecular flexibility index (Phi) is 4.76. The molecule has 0 amide bonds. The van der Waals surface area contributed by atoms with Gasteiger partial charge in [-0.1, -0.05) is 32.4 Å². The molecule has 0 atom stereocenters. The van der Waals surface area contributed by atoms with E-state index >= 15 is 0 Å². The number of aromatic carboxylic acids is 1. The molecule has 1 aromatic heterocycles. The number of hydrogen-bond acceptors (Lipinski definition) is 3. The van der Waals surface area contributed by atoms with Gasteiger partial charge in [0.25, 0.3) is 0 Å². The van der Waals surface area contributed by atoms with Crippen molar-refractivity contribution < 1.29 is 14.3 Å². The highest BCUT2D eigenvalue weighted by molar-refractivity contribution is 6.74. The van der Waals surface area contributed by atoms with Gasteiger partial charge in [0.15, 0.2) is 14.0 Å². The number of carboxylic acid groups (broad SMARTS) is 1. The highest BCUT2D eigenvalue weighted by Gasteiger charge is 2.37. The molecule has 0 aromatic carbocycles. The molecule has 1 N–H and O–H groups in total. The van der Waals surface area contributed by atoms with E-state index in [1.165, 1.54) is 6.20 Å². The number of hydrogen-bond donors (Lipinski definition) is 1. The zero-order chi connectivity index (χ0) is 14.8. The molecule has 0 aliphatic carbocycles. The molecule has 1 heterocycles. The molecule has 0 saturated carbocycles. The highest BCUT2D eigenvalue weighted by atomic mass is 35.5. The fraction of sp³-hybridized carbons (Fsp3) is 0.538. The second-order valence-corrected chi connectivity index (χ2v) is 11.2. The minimum atomic E-state index is -1.95. The second kappa shape index (κ2) is 5.61. The molecular formula is C13H20ClNO3Si. The van der Waals surface area contributed by atoms with Gasteiger partial charge in [0, 0.05) is 16.8 Å². The van der Waals surface area contributed by atoms with Gasteiger partial charge in [0.05, 0.1) is 6.61 Å². The number of rotatable bonds is 4. The van der Waals surface area contributed by atoms with Gasteiger partial charge in [-0.15, -0.1) is 0 Å².